The second kappa shape index (κ2) is 8.43. The molecule has 0 aromatic carbocycles. The van der Waals surface area contributed by atoms with E-state index in [1.54, 1.807) is 0 Å². The van der Waals surface area contributed by atoms with Crippen LogP contribution < -0.4 is 5.32 Å². The zero-order valence-corrected chi connectivity index (χ0v) is 11.8. The molecule has 2 N–H and O–H groups in total. The number of amides is 2. The fraction of sp³-hybridized carbons (Fsp3) is 0.714. The van der Waals surface area contributed by atoms with Crippen LogP contribution in [-0.2, 0) is 9.53 Å². The van der Waals surface area contributed by atoms with E-state index in [9.17, 15) is 9.59 Å². The van der Waals surface area contributed by atoms with Gasteiger partial charge < -0.3 is 20.1 Å². The van der Waals surface area contributed by atoms with Crippen LogP contribution in [0, 0.1) is 18.3 Å². The van der Waals surface area contributed by atoms with E-state index in [2.05, 4.69) is 11.2 Å². The largest absolute Gasteiger partial charge is 0.481 e. The highest BCUT2D eigenvalue weighted by atomic mass is 16.5. The number of nitrogens with zero attached hydrogens (tertiary/aromatic N) is 1. The first-order chi connectivity index (χ1) is 9.61. The summed E-state index contributed by atoms with van der Waals surface area (Å²) < 4.78 is 5.20. The normalized spacial score (nSPS) is 21.2. The van der Waals surface area contributed by atoms with Crippen LogP contribution in [0.4, 0.5) is 4.79 Å². The number of nitrogens with one attached hydrogen (secondary N) is 1. The predicted octanol–water partition coefficient (Wildman–Crippen LogP) is 0.921. The van der Waals surface area contributed by atoms with Crippen molar-refractivity contribution in [3.63, 3.8) is 0 Å². The summed E-state index contributed by atoms with van der Waals surface area (Å²) in [7, 11) is 0. The van der Waals surface area contributed by atoms with Crippen molar-refractivity contribution in [1.82, 2.24) is 10.2 Å². The summed E-state index contributed by atoms with van der Waals surface area (Å²) in [6.45, 7) is 3.26. The number of aliphatic carboxylic acids is 1. The van der Waals surface area contributed by atoms with Crippen LogP contribution >= 0.6 is 0 Å². The molecule has 20 heavy (non-hydrogen) atoms. The number of rotatable bonds is 7. The van der Waals surface area contributed by atoms with Gasteiger partial charge in [-0.15, -0.1) is 12.3 Å². The van der Waals surface area contributed by atoms with Crippen LogP contribution in [0.2, 0.25) is 0 Å². The summed E-state index contributed by atoms with van der Waals surface area (Å²) in [5.41, 5.74) is 0. The maximum absolute atomic E-state index is 12.1. The number of hydrogen-bond donors (Lipinski definition) is 2. The lowest BCUT2D eigenvalue weighted by Gasteiger charge is -2.29. The number of unbranched alkanes of at least 4 members (excludes halogenated alkanes) is 2. The van der Waals surface area contributed by atoms with E-state index in [1.807, 2.05) is 6.92 Å². The van der Waals surface area contributed by atoms with Gasteiger partial charge in [0.1, 0.15) is 5.92 Å². The average Bonchev–Trinajstić information content (AvgIpc) is 2.89. The fourth-order valence-corrected chi connectivity index (χ4v) is 2.26. The molecular weight excluding hydrogens is 260 g/mol. The van der Waals surface area contributed by atoms with Crippen molar-refractivity contribution < 1.29 is 19.4 Å². The average molecular weight is 282 g/mol. The molecule has 0 aliphatic carbocycles. The standard InChI is InChI=1S/C14H22N2O4/c1-3-5-6-7-8-15-14(19)16(4-2)12-10-20-9-11(12)13(17)18/h1,11-12H,4-10H2,2H3,(H,15,19)(H,17,18). The first-order valence-electron chi connectivity index (χ1n) is 6.90. The van der Waals surface area contributed by atoms with Crippen molar-refractivity contribution >= 4 is 12.0 Å². The van der Waals surface area contributed by atoms with Crippen LogP contribution in [0.15, 0.2) is 0 Å². The highest BCUT2D eigenvalue weighted by Crippen LogP contribution is 2.20. The lowest BCUT2D eigenvalue weighted by molar-refractivity contribution is -0.142. The molecule has 112 valence electrons. The third-order valence-corrected chi connectivity index (χ3v) is 3.39. The molecule has 1 fully saturated rings. The van der Waals surface area contributed by atoms with Crippen LogP contribution in [0.1, 0.15) is 26.2 Å². The Morgan fingerprint density at radius 1 is 1.45 bits per heavy atom. The molecule has 2 unspecified atom stereocenters. The second-order valence-corrected chi connectivity index (χ2v) is 4.73. The summed E-state index contributed by atoms with van der Waals surface area (Å²) in [5, 5.41) is 11.9. The summed E-state index contributed by atoms with van der Waals surface area (Å²) in [6.07, 6.45) is 7.54. The zero-order valence-electron chi connectivity index (χ0n) is 11.8. The summed E-state index contributed by atoms with van der Waals surface area (Å²) >= 11 is 0. The maximum Gasteiger partial charge on any atom is 0.317 e. The lowest BCUT2D eigenvalue weighted by Crippen LogP contribution is -2.50. The van der Waals surface area contributed by atoms with Crippen molar-refractivity contribution in [1.29, 1.82) is 0 Å². The number of carbonyl (C=O) groups excluding carboxylic acids is 1. The Morgan fingerprint density at radius 3 is 2.80 bits per heavy atom. The van der Waals surface area contributed by atoms with Crippen LogP contribution in [0.5, 0.6) is 0 Å². The Balaban J connectivity index is 2.46. The molecule has 0 bridgehead atoms. The zero-order chi connectivity index (χ0) is 15.0. The highest BCUT2D eigenvalue weighted by molar-refractivity contribution is 5.77. The van der Waals surface area contributed by atoms with Crippen molar-refractivity contribution in [2.45, 2.75) is 32.2 Å². The minimum absolute atomic E-state index is 0.159. The molecule has 1 rings (SSSR count). The molecule has 1 aliphatic heterocycles. The maximum atomic E-state index is 12.1. The number of terminal acetylenes is 1. The third kappa shape index (κ3) is 4.42. The van der Waals surface area contributed by atoms with Crippen molar-refractivity contribution in [2.75, 3.05) is 26.3 Å². The molecule has 1 heterocycles. The summed E-state index contributed by atoms with van der Waals surface area (Å²) in [4.78, 5) is 24.8. The molecule has 0 spiro atoms. The minimum Gasteiger partial charge on any atom is -0.481 e. The number of hydrogen-bond acceptors (Lipinski definition) is 3. The van der Waals surface area contributed by atoms with Gasteiger partial charge in [0.25, 0.3) is 0 Å². The van der Waals surface area contributed by atoms with Crippen molar-refractivity contribution in [3.05, 3.63) is 0 Å². The van der Waals surface area contributed by atoms with E-state index in [1.165, 1.54) is 4.90 Å². The summed E-state index contributed by atoms with van der Waals surface area (Å²) in [6, 6.07) is -0.641. The molecule has 1 saturated heterocycles. The fourth-order valence-electron chi connectivity index (χ4n) is 2.26. The molecule has 6 heteroatoms. The van der Waals surface area contributed by atoms with E-state index in [4.69, 9.17) is 16.3 Å². The molecule has 2 atom stereocenters. The Morgan fingerprint density at radius 2 is 2.20 bits per heavy atom. The topological polar surface area (TPSA) is 78.9 Å². The minimum atomic E-state index is -0.923. The van der Waals surface area contributed by atoms with Gasteiger partial charge in [0.2, 0.25) is 0 Å². The molecule has 1 aliphatic rings. The Labute approximate surface area is 119 Å². The monoisotopic (exact) mass is 282 g/mol. The first-order valence-corrected chi connectivity index (χ1v) is 6.90. The van der Waals surface area contributed by atoms with Gasteiger partial charge in [0.15, 0.2) is 0 Å². The lowest BCUT2D eigenvalue weighted by atomic mass is 10.0. The number of ether oxygens (including phenoxy) is 1. The van der Waals surface area contributed by atoms with E-state index in [-0.39, 0.29) is 19.2 Å². The van der Waals surface area contributed by atoms with Gasteiger partial charge in [0.05, 0.1) is 19.3 Å². The smallest absolute Gasteiger partial charge is 0.317 e. The molecule has 2 amide bonds. The molecular formula is C14H22N2O4. The Hall–Kier alpha value is -1.74. The van der Waals surface area contributed by atoms with Gasteiger partial charge >= 0.3 is 12.0 Å². The molecule has 0 aromatic heterocycles. The third-order valence-electron chi connectivity index (χ3n) is 3.39. The van der Waals surface area contributed by atoms with Gasteiger partial charge in [-0.25, -0.2) is 4.79 Å². The van der Waals surface area contributed by atoms with Crippen molar-refractivity contribution in [2.24, 2.45) is 5.92 Å². The number of urea groups is 1. The van der Waals surface area contributed by atoms with Crippen molar-refractivity contribution in [3.8, 4) is 12.3 Å². The van der Waals surface area contributed by atoms with Crippen LogP contribution in [0.3, 0.4) is 0 Å². The van der Waals surface area contributed by atoms with E-state index < -0.39 is 17.9 Å². The Kier molecular flexibility index (Phi) is 6.88. The first kappa shape index (κ1) is 16.3. The number of carbonyl (C=O) groups is 2. The van der Waals surface area contributed by atoms with Gasteiger partial charge in [-0.2, -0.15) is 0 Å². The SMILES string of the molecule is C#CCCCCNC(=O)N(CC)C1COCC1C(=O)O. The van der Waals surface area contributed by atoms with Crippen LogP contribution in [-0.4, -0.2) is 54.4 Å². The quantitative estimate of drug-likeness (QED) is 0.537. The van der Waals surface area contributed by atoms with Gasteiger partial charge in [-0.3, -0.25) is 4.79 Å². The number of likely N-dealkylation sites (N-methyl/N-ethyl adjacent to an activating group) is 1. The van der Waals surface area contributed by atoms with Crippen LogP contribution in [0.25, 0.3) is 0 Å². The highest BCUT2D eigenvalue weighted by Gasteiger charge is 2.39. The molecule has 0 aromatic rings. The molecule has 0 radical (unpaired) electrons. The predicted molar refractivity (Wildman–Crippen MR) is 74.2 cm³/mol. The van der Waals surface area contributed by atoms with Gasteiger partial charge in [-0.1, -0.05) is 0 Å². The molecule has 0 saturated carbocycles. The Bertz CT molecular complexity index is 378. The van der Waals surface area contributed by atoms with Gasteiger partial charge in [0, 0.05) is 19.5 Å². The van der Waals surface area contributed by atoms with E-state index in [0.717, 1.165) is 12.8 Å². The van der Waals surface area contributed by atoms with E-state index >= 15 is 0 Å². The second-order valence-electron chi connectivity index (χ2n) is 4.73. The van der Waals surface area contributed by atoms with Gasteiger partial charge in [-0.05, 0) is 19.8 Å². The molecule has 6 nitrogen and oxygen atoms in total. The number of carboxylic acid groups (broad SMARTS) is 1. The van der Waals surface area contributed by atoms with E-state index in [0.29, 0.717) is 19.5 Å². The number of carboxylic acids is 1. The summed E-state index contributed by atoms with van der Waals surface area (Å²) in [5.74, 6) is 0.974.